The minimum absolute atomic E-state index is 0.391. The van der Waals surface area contributed by atoms with Gasteiger partial charge < -0.3 is 5.32 Å². The SMILES string of the molecule is O=C(Nc1ccccc1Br)c1ccnc(F)c1F. The Hall–Kier alpha value is -1.82. The minimum atomic E-state index is -1.30. The fourth-order valence-electron chi connectivity index (χ4n) is 1.35. The van der Waals surface area contributed by atoms with Crippen molar-refractivity contribution in [2.75, 3.05) is 5.32 Å². The van der Waals surface area contributed by atoms with Crippen LogP contribution in [-0.2, 0) is 0 Å². The van der Waals surface area contributed by atoms with Gasteiger partial charge in [0.05, 0.1) is 11.3 Å². The maximum Gasteiger partial charge on any atom is 0.258 e. The Morgan fingerprint density at radius 2 is 1.94 bits per heavy atom. The van der Waals surface area contributed by atoms with Gasteiger partial charge in [-0.2, -0.15) is 4.39 Å². The molecule has 0 atom stereocenters. The molecule has 0 unspecified atom stereocenters. The van der Waals surface area contributed by atoms with Crippen LogP contribution in [0.15, 0.2) is 41.0 Å². The summed E-state index contributed by atoms with van der Waals surface area (Å²) in [6.45, 7) is 0. The first-order valence-electron chi connectivity index (χ1n) is 4.95. The summed E-state index contributed by atoms with van der Waals surface area (Å²) in [5, 5.41) is 2.47. The Morgan fingerprint density at radius 1 is 1.22 bits per heavy atom. The summed E-state index contributed by atoms with van der Waals surface area (Å²) in [5.41, 5.74) is 0.0809. The number of benzene rings is 1. The molecular formula is C12H7BrF2N2O. The predicted molar refractivity (Wildman–Crippen MR) is 66.2 cm³/mol. The number of anilines is 1. The van der Waals surface area contributed by atoms with Crippen molar-refractivity contribution in [2.24, 2.45) is 0 Å². The van der Waals surface area contributed by atoms with E-state index in [4.69, 9.17) is 0 Å². The van der Waals surface area contributed by atoms with E-state index in [1.54, 1.807) is 24.3 Å². The lowest BCUT2D eigenvalue weighted by molar-refractivity contribution is 0.102. The fraction of sp³-hybridized carbons (Fsp3) is 0. The monoisotopic (exact) mass is 312 g/mol. The number of nitrogens with zero attached hydrogens (tertiary/aromatic N) is 1. The molecule has 2 aromatic rings. The number of amides is 1. The molecule has 0 aliphatic heterocycles. The molecule has 1 aromatic heterocycles. The fourth-order valence-corrected chi connectivity index (χ4v) is 1.73. The van der Waals surface area contributed by atoms with Crippen molar-refractivity contribution in [1.82, 2.24) is 4.98 Å². The molecular weight excluding hydrogens is 306 g/mol. The van der Waals surface area contributed by atoms with Crippen molar-refractivity contribution in [3.8, 4) is 0 Å². The smallest absolute Gasteiger partial charge is 0.258 e. The van der Waals surface area contributed by atoms with Gasteiger partial charge in [0.1, 0.15) is 0 Å². The second kappa shape index (κ2) is 5.22. The lowest BCUT2D eigenvalue weighted by Gasteiger charge is -2.07. The third kappa shape index (κ3) is 2.53. The van der Waals surface area contributed by atoms with E-state index in [1.807, 2.05) is 0 Å². The summed E-state index contributed by atoms with van der Waals surface area (Å²) in [4.78, 5) is 14.9. The highest BCUT2D eigenvalue weighted by Crippen LogP contribution is 2.22. The Bertz CT molecular complexity index is 604. The molecule has 3 nitrogen and oxygen atoms in total. The number of aromatic nitrogens is 1. The van der Waals surface area contributed by atoms with Gasteiger partial charge in [0, 0.05) is 10.7 Å². The number of pyridine rings is 1. The molecule has 2 rings (SSSR count). The molecule has 0 spiro atoms. The van der Waals surface area contributed by atoms with Crippen LogP contribution in [0.5, 0.6) is 0 Å². The van der Waals surface area contributed by atoms with E-state index in [2.05, 4.69) is 26.2 Å². The van der Waals surface area contributed by atoms with Gasteiger partial charge in [0.15, 0.2) is 5.82 Å². The molecule has 1 N–H and O–H groups in total. The van der Waals surface area contributed by atoms with Crippen LogP contribution in [0.1, 0.15) is 10.4 Å². The van der Waals surface area contributed by atoms with E-state index in [-0.39, 0.29) is 0 Å². The van der Waals surface area contributed by atoms with E-state index in [0.717, 1.165) is 12.3 Å². The lowest BCUT2D eigenvalue weighted by Crippen LogP contribution is -2.15. The Balaban J connectivity index is 2.28. The zero-order chi connectivity index (χ0) is 13.1. The van der Waals surface area contributed by atoms with Gasteiger partial charge in [-0.25, -0.2) is 9.37 Å². The van der Waals surface area contributed by atoms with Crippen LogP contribution in [0, 0.1) is 11.8 Å². The number of hydrogen-bond donors (Lipinski definition) is 1. The number of para-hydroxylation sites is 1. The van der Waals surface area contributed by atoms with Crippen LogP contribution in [0.3, 0.4) is 0 Å². The first kappa shape index (κ1) is 12.6. The summed E-state index contributed by atoms with van der Waals surface area (Å²) in [6, 6.07) is 7.96. The first-order chi connectivity index (χ1) is 8.59. The largest absolute Gasteiger partial charge is 0.321 e. The zero-order valence-electron chi connectivity index (χ0n) is 8.95. The predicted octanol–water partition coefficient (Wildman–Crippen LogP) is 3.37. The molecule has 92 valence electrons. The molecule has 1 aromatic carbocycles. The summed E-state index contributed by atoms with van der Waals surface area (Å²) in [7, 11) is 0. The molecule has 0 aliphatic carbocycles. The second-order valence-electron chi connectivity index (χ2n) is 3.40. The van der Waals surface area contributed by atoms with Gasteiger partial charge in [0.25, 0.3) is 5.91 Å². The van der Waals surface area contributed by atoms with Crippen LogP contribution in [-0.4, -0.2) is 10.9 Å². The number of hydrogen-bond acceptors (Lipinski definition) is 2. The van der Waals surface area contributed by atoms with Crippen molar-refractivity contribution in [1.29, 1.82) is 0 Å². The topological polar surface area (TPSA) is 42.0 Å². The summed E-state index contributed by atoms with van der Waals surface area (Å²) >= 11 is 3.24. The van der Waals surface area contributed by atoms with E-state index in [9.17, 15) is 13.6 Å². The second-order valence-corrected chi connectivity index (χ2v) is 4.25. The van der Waals surface area contributed by atoms with Crippen LogP contribution in [0.25, 0.3) is 0 Å². The normalized spacial score (nSPS) is 10.2. The molecule has 18 heavy (non-hydrogen) atoms. The standard InChI is InChI=1S/C12H7BrF2N2O/c13-8-3-1-2-4-9(8)17-12(18)7-5-6-16-11(15)10(7)14/h1-6H,(H,17,18). The number of carbonyl (C=O) groups excluding carboxylic acids is 1. The highest BCUT2D eigenvalue weighted by Gasteiger charge is 2.16. The molecule has 6 heteroatoms. The van der Waals surface area contributed by atoms with Crippen LogP contribution in [0.4, 0.5) is 14.5 Å². The number of nitrogens with one attached hydrogen (secondary N) is 1. The molecule has 1 heterocycles. The number of halogens is 3. The Labute approximate surface area is 110 Å². The average molecular weight is 313 g/mol. The van der Waals surface area contributed by atoms with Gasteiger partial charge in [0.2, 0.25) is 5.95 Å². The minimum Gasteiger partial charge on any atom is -0.321 e. The Morgan fingerprint density at radius 3 is 2.67 bits per heavy atom. The van der Waals surface area contributed by atoms with Crippen LogP contribution in [0.2, 0.25) is 0 Å². The van der Waals surface area contributed by atoms with E-state index in [0.29, 0.717) is 10.2 Å². The highest BCUT2D eigenvalue weighted by molar-refractivity contribution is 9.10. The van der Waals surface area contributed by atoms with Gasteiger partial charge in [-0.3, -0.25) is 4.79 Å². The summed E-state index contributed by atoms with van der Waals surface area (Å²) in [5.74, 6) is -3.29. The maximum absolute atomic E-state index is 13.3. The van der Waals surface area contributed by atoms with E-state index in [1.165, 1.54) is 0 Å². The zero-order valence-corrected chi connectivity index (χ0v) is 10.5. The molecule has 0 saturated carbocycles. The molecule has 0 bridgehead atoms. The number of carbonyl (C=O) groups is 1. The lowest BCUT2D eigenvalue weighted by atomic mass is 10.2. The summed E-state index contributed by atoms with van der Waals surface area (Å²) < 4.78 is 26.9. The first-order valence-corrected chi connectivity index (χ1v) is 5.75. The third-order valence-electron chi connectivity index (χ3n) is 2.21. The molecule has 0 fully saturated rings. The third-order valence-corrected chi connectivity index (χ3v) is 2.90. The maximum atomic E-state index is 13.3. The quantitative estimate of drug-likeness (QED) is 0.864. The van der Waals surface area contributed by atoms with Gasteiger partial charge in [-0.1, -0.05) is 12.1 Å². The van der Waals surface area contributed by atoms with Crippen molar-refractivity contribution in [3.63, 3.8) is 0 Å². The van der Waals surface area contributed by atoms with Crippen molar-refractivity contribution >= 4 is 27.5 Å². The molecule has 0 aliphatic rings. The number of rotatable bonds is 2. The van der Waals surface area contributed by atoms with E-state index >= 15 is 0 Å². The van der Waals surface area contributed by atoms with Crippen LogP contribution >= 0.6 is 15.9 Å². The molecule has 0 radical (unpaired) electrons. The Kier molecular flexibility index (Phi) is 3.66. The van der Waals surface area contributed by atoms with E-state index < -0.39 is 23.2 Å². The van der Waals surface area contributed by atoms with Gasteiger partial charge in [-0.15, -0.1) is 0 Å². The highest BCUT2D eigenvalue weighted by atomic mass is 79.9. The molecule has 1 amide bonds. The summed E-state index contributed by atoms with van der Waals surface area (Å²) in [6.07, 6.45) is 1.04. The van der Waals surface area contributed by atoms with Crippen LogP contribution < -0.4 is 5.32 Å². The van der Waals surface area contributed by atoms with Gasteiger partial charge in [-0.05, 0) is 34.1 Å². The van der Waals surface area contributed by atoms with Gasteiger partial charge >= 0.3 is 0 Å². The average Bonchev–Trinajstić information content (AvgIpc) is 2.35. The van der Waals surface area contributed by atoms with Crippen molar-refractivity contribution in [2.45, 2.75) is 0 Å². The van der Waals surface area contributed by atoms with Crippen molar-refractivity contribution < 1.29 is 13.6 Å². The van der Waals surface area contributed by atoms with Crippen molar-refractivity contribution in [3.05, 3.63) is 58.3 Å². The molecule has 0 saturated heterocycles.